The van der Waals surface area contributed by atoms with Crippen molar-refractivity contribution in [3.05, 3.63) is 89.0 Å². The summed E-state index contributed by atoms with van der Waals surface area (Å²) in [5.74, 6) is 0.109. The Kier molecular flexibility index (Phi) is 7.08. The number of benzene rings is 3. The van der Waals surface area contributed by atoms with Crippen LogP contribution in [-0.4, -0.2) is 18.5 Å². The Hall–Kier alpha value is -3.60. The van der Waals surface area contributed by atoms with E-state index in [4.69, 9.17) is 0 Å². The van der Waals surface area contributed by atoms with Crippen molar-refractivity contribution in [1.82, 2.24) is 0 Å². The number of aryl methyl sites for hydroxylation is 3. The first kappa shape index (κ1) is 22.6. The number of rotatable bonds is 6. The number of hydrogen-bond acceptors (Lipinski definition) is 2. The molecule has 0 spiro atoms. The topological polar surface area (TPSA) is 61.4 Å². The van der Waals surface area contributed by atoms with E-state index >= 15 is 0 Å². The fourth-order valence-electron chi connectivity index (χ4n) is 4.33. The Morgan fingerprint density at radius 1 is 0.939 bits per heavy atom. The Morgan fingerprint density at radius 3 is 2.45 bits per heavy atom. The SMILES string of the molecule is CCCc1ccc2c(c1)CCCN2C(=O)Cc1ccc(NC(=O)Nc2ccccc2C)cc1. The molecule has 4 rings (SSSR count). The van der Waals surface area contributed by atoms with Gasteiger partial charge in [0.2, 0.25) is 5.91 Å². The summed E-state index contributed by atoms with van der Waals surface area (Å²) in [7, 11) is 0. The molecule has 0 fully saturated rings. The predicted molar refractivity (Wildman–Crippen MR) is 135 cm³/mol. The number of amides is 3. The summed E-state index contributed by atoms with van der Waals surface area (Å²) >= 11 is 0. The van der Waals surface area contributed by atoms with Gasteiger partial charge >= 0.3 is 6.03 Å². The summed E-state index contributed by atoms with van der Waals surface area (Å²) in [4.78, 5) is 27.3. The Balaban J connectivity index is 1.37. The van der Waals surface area contributed by atoms with Crippen LogP contribution in [0.2, 0.25) is 0 Å². The minimum atomic E-state index is -0.291. The number of carbonyl (C=O) groups is 2. The van der Waals surface area contributed by atoms with Crippen molar-refractivity contribution in [3.63, 3.8) is 0 Å². The van der Waals surface area contributed by atoms with Crippen LogP contribution >= 0.6 is 0 Å². The largest absolute Gasteiger partial charge is 0.323 e. The average molecular weight is 442 g/mol. The quantitative estimate of drug-likeness (QED) is 0.484. The van der Waals surface area contributed by atoms with E-state index in [0.717, 1.165) is 54.7 Å². The molecule has 0 saturated carbocycles. The lowest BCUT2D eigenvalue weighted by molar-refractivity contribution is -0.118. The molecule has 0 atom stereocenters. The molecule has 0 bridgehead atoms. The molecule has 1 aliphatic rings. The van der Waals surface area contributed by atoms with Crippen LogP contribution in [-0.2, 0) is 24.1 Å². The summed E-state index contributed by atoms with van der Waals surface area (Å²) in [5.41, 5.74) is 7.07. The molecule has 3 amide bonds. The lowest BCUT2D eigenvalue weighted by atomic mass is 9.97. The highest BCUT2D eigenvalue weighted by molar-refractivity contribution is 6.00. The zero-order valence-corrected chi connectivity index (χ0v) is 19.4. The van der Waals surface area contributed by atoms with Gasteiger partial charge in [0, 0.05) is 23.6 Å². The van der Waals surface area contributed by atoms with Crippen LogP contribution in [0, 0.1) is 6.92 Å². The number of hydrogen-bond donors (Lipinski definition) is 2. The average Bonchev–Trinajstić information content (AvgIpc) is 2.81. The van der Waals surface area contributed by atoms with Crippen LogP contribution < -0.4 is 15.5 Å². The second kappa shape index (κ2) is 10.3. The molecule has 2 N–H and O–H groups in total. The number of para-hydroxylation sites is 1. The van der Waals surface area contributed by atoms with E-state index in [1.807, 2.05) is 60.4 Å². The van der Waals surface area contributed by atoms with Crippen molar-refractivity contribution < 1.29 is 9.59 Å². The van der Waals surface area contributed by atoms with Crippen molar-refractivity contribution in [2.75, 3.05) is 22.1 Å². The Labute approximate surface area is 195 Å². The molecule has 3 aromatic carbocycles. The van der Waals surface area contributed by atoms with Crippen LogP contribution in [0.5, 0.6) is 0 Å². The van der Waals surface area contributed by atoms with Gasteiger partial charge in [0.25, 0.3) is 0 Å². The molecule has 0 aromatic heterocycles. The smallest absolute Gasteiger partial charge is 0.312 e. The van der Waals surface area contributed by atoms with Crippen molar-refractivity contribution in [2.45, 2.75) is 46.0 Å². The van der Waals surface area contributed by atoms with E-state index in [0.29, 0.717) is 12.1 Å². The van der Waals surface area contributed by atoms with Gasteiger partial charge in [0.1, 0.15) is 0 Å². The van der Waals surface area contributed by atoms with Gasteiger partial charge in [-0.15, -0.1) is 0 Å². The van der Waals surface area contributed by atoms with Crippen molar-refractivity contribution in [3.8, 4) is 0 Å². The minimum absolute atomic E-state index is 0.109. The van der Waals surface area contributed by atoms with Crippen LogP contribution in [0.3, 0.4) is 0 Å². The number of fused-ring (bicyclic) bond motifs is 1. The van der Waals surface area contributed by atoms with E-state index in [1.165, 1.54) is 11.1 Å². The highest BCUT2D eigenvalue weighted by atomic mass is 16.2. The van der Waals surface area contributed by atoms with Gasteiger partial charge in [0.15, 0.2) is 0 Å². The van der Waals surface area contributed by atoms with Crippen molar-refractivity contribution in [2.24, 2.45) is 0 Å². The van der Waals surface area contributed by atoms with Crippen LogP contribution in [0.15, 0.2) is 66.7 Å². The number of nitrogens with zero attached hydrogens (tertiary/aromatic N) is 1. The Morgan fingerprint density at radius 2 is 1.70 bits per heavy atom. The lowest BCUT2D eigenvalue weighted by Gasteiger charge is -2.30. The maximum atomic E-state index is 13.1. The first-order valence-corrected chi connectivity index (χ1v) is 11.7. The molecular weight excluding hydrogens is 410 g/mol. The number of anilines is 3. The van der Waals surface area contributed by atoms with Gasteiger partial charge in [-0.2, -0.15) is 0 Å². The van der Waals surface area contributed by atoms with Gasteiger partial charge in [-0.3, -0.25) is 4.79 Å². The van der Waals surface area contributed by atoms with E-state index in [-0.39, 0.29) is 11.9 Å². The molecule has 1 aliphatic heterocycles. The molecule has 170 valence electrons. The van der Waals surface area contributed by atoms with E-state index in [2.05, 4.69) is 35.8 Å². The summed E-state index contributed by atoms with van der Waals surface area (Å²) < 4.78 is 0. The van der Waals surface area contributed by atoms with E-state index in [1.54, 1.807) is 0 Å². The minimum Gasteiger partial charge on any atom is -0.312 e. The predicted octanol–water partition coefficient (Wildman–Crippen LogP) is 6.11. The monoisotopic (exact) mass is 441 g/mol. The highest BCUT2D eigenvalue weighted by Crippen LogP contribution is 2.29. The first-order chi connectivity index (χ1) is 16.0. The summed E-state index contributed by atoms with van der Waals surface area (Å²) in [6.45, 7) is 4.90. The summed E-state index contributed by atoms with van der Waals surface area (Å²) in [6.07, 6.45) is 4.56. The van der Waals surface area contributed by atoms with Crippen LogP contribution in [0.25, 0.3) is 0 Å². The van der Waals surface area contributed by atoms with Gasteiger partial charge in [0.05, 0.1) is 6.42 Å². The van der Waals surface area contributed by atoms with Crippen molar-refractivity contribution in [1.29, 1.82) is 0 Å². The van der Waals surface area contributed by atoms with Crippen LogP contribution in [0.1, 0.15) is 42.0 Å². The van der Waals surface area contributed by atoms with Gasteiger partial charge in [-0.05, 0) is 72.7 Å². The van der Waals surface area contributed by atoms with Gasteiger partial charge in [-0.25, -0.2) is 4.79 Å². The molecule has 3 aromatic rings. The Bertz CT molecular complexity index is 1140. The second-order valence-electron chi connectivity index (χ2n) is 8.63. The first-order valence-electron chi connectivity index (χ1n) is 11.7. The molecule has 33 heavy (non-hydrogen) atoms. The second-order valence-corrected chi connectivity index (χ2v) is 8.63. The fraction of sp³-hybridized carbons (Fsp3) is 0.286. The van der Waals surface area contributed by atoms with E-state index in [9.17, 15) is 9.59 Å². The van der Waals surface area contributed by atoms with Crippen molar-refractivity contribution >= 4 is 29.0 Å². The number of carbonyl (C=O) groups excluding carboxylic acids is 2. The maximum Gasteiger partial charge on any atom is 0.323 e. The third-order valence-electron chi connectivity index (χ3n) is 6.06. The fourth-order valence-corrected chi connectivity index (χ4v) is 4.33. The normalized spacial score (nSPS) is 12.7. The maximum absolute atomic E-state index is 13.1. The molecule has 5 heteroatoms. The van der Waals surface area contributed by atoms with E-state index < -0.39 is 0 Å². The van der Waals surface area contributed by atoms with Gasteiger partial charge < -0.3 is 15.5 Å². The molecule has 0 aliphatic carbocycles. The molecule has 0 unspecified atom stereocenters. The summed E-state index contributed by atoms with van der Waals surface area (Å²) in [5, 5.41) is 5.70. The summed E-state index contributed by atoms with van der Waals surface area (Å²) in [6, 6.07) is 21.3. The molecule has 0 saturated heterocycles. The highest BCUT2D eigenvalue weighted by Gasteiger charge is 2.22. The number of urea groups is 1. The molecule has 1 heterocycles. The standard InChI is InChI=1S/C28H31N3O2/c1-3-7-21-13-16-26-23(18-21)9-6-17-31(26)27(32)19-22-11-14-24(15-12-22)29-28(33)30-25-10-5-4-8-20(25)2/h4-5,8,10-16,18H,3,6-7,9,17,19H2,1-2H3,(H2,29,30,33). The number of nitrogens with one attached hydrogen (secondary N) is 2. The third kappa shape index (κ3) is 5.61. The molecular formula is C28H31N3O2. The van der Waals surface area contributed by atoms with Crippen LogP contribution in [0.4, 0.5) is 21.9 Å². The lowest BCUT2D eigenvalue weighted by Crippen LogP contribution is -2.36. The zero-order valence-electron chi connectivity index (χ0n) is 19.4. The van der Waals surface area contributed by atoms with Gasteiger partial charge in [-0.1, -0.05) is 55.8 Å². The zero-order chi connectivity index (χ0) is 23.2. The third-order valence-corrected chi connectivity index (χ3v) is 6.06. The molecule has 5 nitrogen and oxygen atoms in total. The molecule has 0 radical (unpaired) electrons.